The lowest BCUT2D eigenvalue weighted by Gasteiger charge is -2.29. The molecule has 116 valence electrons. The molecular weight excluding hydrogens is 267 g/mol. The third-order valence-corrected chi connectivity index (χ3v) is 4.39. The van der Waals surface area contributed by atoms with Gasteiger partial charge in [0.05, 0.1) is 0 Å². The Morgan fingerprint density at radius 1 is 1.38 bits per heavy atom. The molecule has 0 heterocycles. The molecule has 0 aliphatic heterocycles. The van der Waals surface area contributed by atoms with Gasteiger partial charge in [0.15, 0.2) is 0 Å². The van der Waals surface area contributed by atoms with E-state index in [-0.39, 0.29) is 23.7 Å². The summed E-state index contributed by atoms with van der Waals surface area (Å²) in [6.45, 7) is 4.31. The normalized spacial score (nSPS) is 22.9. The highest BCUT2D eigenvalue weighted by atomic mass is 19.1. The molecule has 1 aliphatic carbocycles. The van der Waals surface area contributed by atoms with Gasteiger partial charge in [-0.25, -0.2) is 4.39 Å². The van der Waals surface area contributed by atoms with Gasteiger partial charge in [-0.05, 0) is 30.9 Å². The molecule has 0 bridgehead atoms. The molecule has 1 aliphatic rings. The first-order valence-electron chi connectivity index (χ1n) is 7.68. The molecular formula is C17H25FN2O. The summed E-state index contributed by atoms with van der Waals surface area (Å²) in [6, 6.07) is 6.87. The van der Waals surface area contributed by atoms with Crippen LogP contribution >= 0.6 is 0 Å². The third-order valence-electron chi connectivity index (χ3n) is 4.39. The van der Waals surface area contributed by atoms with Crippen molar-refractivity contribution in [3.05, 3.63) is 35.6 Å². The van der Waals surface area contributed by atoms with E-state index in [0.29, 0.717) is 12.1 Å². The van der Waals surface area contributed by atoms with Crippen molar-refractivity contribution in [3.8, 4) is 0 Å². The Balaban J connectivity index is 1.95. The zero-order valence-electron chi connectivity index (χ0n) is 12.9. The molecule has 1 aromatic rings. The molecule has 0 spiro atoms. The highest BCUT2D eigenvalue weighted by Gasteiger charge is 2.28. The fourth-order valence-corrected chi connectivity index (χ4v) is 3.02. The average Bonchev–Trinajstić information content (AvgIpc) is 2.45. The van der Waals surface area contributed by atoms with E-state index in [1.54, 1.807) is 12.1 Å². The maximum atomic E-state index is 13.9. The Bertz CT molecular complexity index is 501. The lowest BCUT2D eigenvalue weighted by atomic mass is 9.83. The summed E-state index contributed by atoms with van der Waals surface area (Å²) < 4.78 is 13.9. The second-order valence-electron chi connectivity index (χ2n) is 6.71. The van der Waals surface area contributed by atoms with Crippen molar-refractivity contribution in [1.29, 1.82) is 0 Å². The van der Waals surface area contributed by atoms with Crippen LogP contribution in [-0.2, 0) is 10.2 Å². The molecule has 1 fully saturated rings. The first-order valence-corrected chi connectivity index (χ1v) is 7.68. The highest BCUT2D eigenvalue weighted by Crippen LogP contribution is 2.26. The van der Waals surface area contributed by atoms with Gasteiger partial charge in [0, 0.05) is 23.9 Å². The highest BCUT2D eigenvalue weighted by molar-refractivity contribution is 5.78. The summed E-state index contributed by atoms with van der Waals surface area (Å²) in [5.41, 5.74) is 6.12. The summed E-state index contributed by atoms with van der Waals surface area (Å²) >= 11 is 0. The van der Waals surface area contributed by atoms with Crippen LogP contribution in [0.2, 0.25) is 0 Å². The number of nitrogens with two attached hydrogens (primary N) is 1. The molecule has 2 rings (SSSR count). The Hall–Kier alpha value is -1.42. The largest absolute Gasteiger partial charge is 0.355 e. The maximum absolute atomic E-state index is 13.9. The Morgan fingerprint density at radius 3 is 2.76 bits per heavy atom. The quantitative estimate of drug-likeness (QED) is 0.896. The van der Waals surface area contributed by atoms with Gasteiger partial charge in [0.1, 0.15) is 5.82 Å². The van der Waals surface area contributed by atoms with Crippen LogP contribution in [0, 0.1) is 11.7 Å². The lowest BCUT2D eigenvalue weighted by molar-refractivity contribution is -0.126. The van der Waals surface area contributed by atoms with Gasteiger partial charge in [-0.2, -0.15) is 0 Å². The van der Waals surface area contributed by atoms with E-state index in [1.807, 2.05) is 19.9 Å². The maximum Gasteiger partial charge on any atom is 0.223 e. The van der Waals surface area contributed by atoms with Crippen molar-refractivity contribution in [2.75, 3.05) is 6.54 Å². The molecule has 0 radical (unpaired) electrons. The van der Waals surface area contributed by atoms with Crippen molar-refractivity contribution in [2.24, 2.45) is 11.7 Å². The first-order chi connectivity index (χ1) is 9.90. The number of hydrogen-bond donors (Lipinski definition) is 2. The second-order valence-corrected chi connectivity index (χ2v) is 6.71. The van der Waals surface area contributed by atoms with Crippen molar-refractivity contribution in [3.63, 3.8) is 0 Å². The number of nitrogens with one attached hydrogen (secondary N) is 1. The Kier molecular flexibility index (Phi) is 4.99. The van der Waals surface area contributed by atoms with Crippen LogP contribution in [0.1, 0.15) is 45.1 Å². The number of benzene rings is 1. The molecule has 3 nitrogen and oxygen atoms in total. The van der Waals surface area contributed by atoms with Gasteiger partial charge in [0.2, 0.25) is 5.91 Å². The van der Waals surface area contributed by atoms with Gasteiger partial charge in [-0.1, -0.05) is 38.5 Å². The smallest absolute Gasteiger partial charge is 0.223 e. The zero-order chi connectivity index (χ0) is 15.5. The van der Waals surface area contributed by atoms with Crippen molar-refractivity contribution in [2.45, 2.75) is 51.0 Å². The molecule has 2 unspecified atom stereocenters. The Morgan fingerprint density at radius 2 is 2.10 bits per heavy atom. The van der Waals surface area contributed by atoms with E-state index in [1.165, 1.54) is 6.07 Å². The second kappa shape index (κ2) is 6.56. The van der Waals surface area contributed by atoms with Gasteiger partial charge in [-0.3, -0.25) is 4.79 Å². The number of halogens is 1. The lowest BCUT2D eigenvalue weighted by Crippen LogP contribution is -2.42. The van der Waals surface area contributed by atoms with Crippen LogP contribution in [-0.4, -0.2) is 18.5 Å². The van der Waals surface area contributed by atoms with Gasteiger partial charge in [0.25, 0.3) is 0 Å². The number of hydrogen-bond acceptors (Lipinski definition) is 2. The SMILES string of the molecule is CC(C)(CNC(=O)C1CCCC(N)C1)c1ccccc1F. The number of carbonyl (C=O) groups excluding carboxylic acids is 1. The molecule has 0 aromatic heterocycles. The first kappa shape index (κ1) is 16.0. The van der Waals surface area contributed by atoms with Crippen molar-refractivity contribution >= 4 is 5.91 Å². The fraction of sp³-hybridized carbons (Fsp3) is 0.588. The average molecular weight is 292 g/mol. The van der Waals surface area contributed by atoms with Crippen LogP contribution in [0.5, 0.6) is 0 Å². The van der Waals surface area contributed by atoms with E-state index < -0.39 is 5.41 Å². The van der Waals surface area contributed by atoms with E-state index in [0.717, 1.165) is 25.7 Å². The Labute approximate surface area is 126 Å². The van der Waals surface area contributed by atoms with Crippen LogP contribution < -0.4 is 11.1 Å². The fourth-order valence-electron chi connectivity index (χ4n) is 3.02. The molecule has 1 saturated carbocycles. The monoisotopic (exact) mass is 292 g/mol. The summed E-state index contributed by atoms with van der Waals surface area (Å²) in [5, 5.41) is 2.98. The van der Waals surface area contributed by atoms with Crippen molar-refractivity contribution in [1.82, 2.24) is 5.32 Å². The summed E-state index contributed by atoms with van der Waals surface area (Å²) in [4.78, 5) is 12.2. The topological polar surface area (TPSA) is 55.1 Å². The minimum atomic E-state index is -0.433. The van der Waals surface area contributed by atoms with E-state index in [2.05, 4.69) is 5.32 Å². The van der Waals surface area contributed by atoms with Crippen LogP contribution in [0.25, 0.3) is 0 Å². The summed E-state index contributed by atoms with van der Waals surface area (Å²) in [6.07, 6.45) is 3.67. The van der Waals surface area contributed by atoms with E-state index in [9.17, 15) is 9.18 Å². The molecule has 2 atom stereocenters. The van der Waals surface area contributed by atoms with Gasteiger partial charge in [-0.15, -0.1) is 0 Å². The predicted octanol–water partition coefficient (Wildman–Crippen LogP) is 2.74. The van der Waals surface area contributed by atoms with Gasteiger partial charge < -0.3 is 11.1 Å². The summed E-state index contributed by atoms with van der Waals surface area (Å²) in [7, 11) is 0. The standard InChI is InChI=1S/C17H25FN2O/c1-17(2,14-8-3-4-9-15(14)18)11-20-16(21)12-6-5-7-13(19)10-12/h3-4,8-9,12-13H,5-7,10-11,19H2,1-2H3,(H,20,21). The molecule has 3 N–H and O–H groups in total. The molecule has 4 heteroatoms. The number of amides is 1. The number of rotatable bonds is 4. The number of carbonyl (C=O) groups is 1. The predicted molar refractivity (Wildman–Crippen MR) is 82.4 cm³/mol. The van der Waals surface area contributed by atoms with E-state index >= 15 is 0 Å². The summed E-state index contributed by atoms with van der Waals surface area (Å²) in [5.74, 6) is -0.170. The molecule has 0 saturated heterocycles. The van der Waals surface area contributed by atoms with E-state index in [4.69, 9.17) is 5.73 Å². The minimum Gasteiger partial charge on any atom is -0.355 e. The molecule has 21 heavy (non-hydrogen) atoms. The van der Waals surface area contributed by atoms with Gasteiger partial charge >= 0.3 is 0 Å². The zero-order valence-corrected chi connectivity index (χ0v) is 12.9. The van der Waals surface area contributed by atoms with Crippen LogP contribution in [0.4, 0.5) is 4.39 Å². The van der Waals surface area contributed by atoms with Crippen molar-refractivity contribution < 1.29 is 9.18 Å². The van der Waals surface area contributed by atoms with Crippen LogP contribution in [0.15, 0.2) is 24.3 Å². The van der Waals surface area contributed by atoms with Crippen LogP contribution in [0.3, 0.4) is 0 Å². The molecule has 1 aromatic carbocycles. The minimum absolute atomic E-state index is 0.00479. The molecule has 1 amide bonds. The third kappa shape index (κ3) is 4.03.